The van der Waals surface area contributed by atoms with Gasteiger partial charge in [0.15, 0.2) is 0 Å². The molecule has 0 spiro atoms. The molecule has 7 heteroatoms. The number of rotatable bonds is 7. The lowest BCUT2D eigenvalue weighted by molar-refractivity contribution is -0.384. The van der Waals surface area contributed by atoms with Crippen molar-refractivity contribution in [3.8, 4) is 0 Å². The first-order chi connectivity index (χ1) is 8.50. The Balaban J connectivity index is 2.53. The van der Waals surface area contributed by atoms with Gasteiger partial charge in [-0.1, -0.05) is 15.9 Å². The standard InChI is InChI=1S/C11H14BrN3O3/c12-8-4-5-10(15(17)18)9(7-8)14-6-2-1-3-11(13)16/h4-5,7,14H,1-3,6H2,(H2,13,16). The highest BCUT2D eigenvalue weighted by Crippen LogP contribution is 2.27. The molecule has 0 radical (unpaired) electrons. The van der Waals surface area contributed by atoms with E-state index in [-0.39, 0.29) is 11.6 Å². The molecule has 0 aromatic heterocycles. The van der Waals surface area contributed by atoms with E-state index in [1.165, 1.54) is 6.07 Å². The third-order valence-corrected chi connectivity index (χ3v) is 2.81. The highest BCUT2D eigenvalue weighted by Gasteiger charge is 2.12. The number of hydrogen-bond acceptors (Lipinski definition) is 4. The summed E-state index contributed by atoms with van der Waals surface area (Å²) in [7, 11) is 0. The molecule has 1 aromatic rings. The fraction of sp³-hybridized carbons (Fsp3) is 0.364. The molecule has 0 aliphatic carbocycles. The Morgan fingerprint density at radius 1 is 1.44 bits per heavy atom. The quantitative estimate of drug-likeness (QED) is 0.458. The SMILES string of the molecule is NC(=O)CCCCNc1cc(Br)ccc1[N+](=O)[O-]. The molecule has 0 saturated heterocycles. The molecule has 1 aromatic carbocycles. The molecular formula is C11H14BrN3O3. The number of amides is 1. The molecule has 98 valence electrons. The van der Waals surface area contributed by atoms with Crippen molar-refractivity contribution in [3.05, 3.63) is 32.8 Å². The van der Waals surface area contributed by atoms with Gasteiger partial charge in [0.1, 0.15) is 5.69 Å². The number of carbonyl (C=O) groups is 1. The molecule has 0 aliphatic heterocycles. The van der Waals surface area contributed by atoms with Crippen LogP contribution in [0.15, 0.2) is 22.7 Å². The number of unbranched alkanes of at least 4 members (excludes halogenated alkanes) is 1. The molecule has 0 fully saturated rings. The van der Waals surface area contributed by atoms with Crippen molar-refractivity contribution in [1.29, 1.82) is 0 Å². The highest BCUT2D eigenvalue weighted by atomic mass is 79.9. The van der Waals surface area contributed by atoms with E-state index in [4.69, 9.17) is 5.73 Å². The lowest BCUT2D eigenvalue weighted by Gasteiger charge is -2.07. The normalized spacial score (nSPS) is 10.1. The van der Waals surface area contributed by atoms with E-state index < -0.39 is 4.92 Å². The second-order valence-corrected chi connectivity index (χ2v) is 4.68. The molecule has 0 bridgehead atoms. The fourth-order valence-electron chi connectivity index (χ4n) is 1.46. The Kier molecular flexibility index (Phi) is 5.57. The first-order valence-electron chi connectivity index (χ1n) is 5.47. The maximum atomic E-state index is 10.8. The maximum Gasteiger partial charge on any atom is 0.292 e. The van der Waals surface area contributed by atoms with Gasteiger partial charge >= 0.3 is 0 Å². The van der Waals surface area contributed by atoms with E-state index in [0.29, 0.717) is 25.1 Å². The molecule has 6 nitrogen and oxygen atoms in total. The molecule has 0 atom stereocenters. The van der Waals surface area contributed by atoms with Gasteiger partial charge in [-0.15, -0.1) is 0 Å². The minimum absolute atomic E-state index is 0.0353. The number of halogens is 1. The van der Waals surface area contributed by atoms with Gasteiger partial charge in [0, 0.05) is 23.5 Å². The molecular weight excluding hydrogens is 302 g/mol. The summed E-state index contributed by atoms with van der Waals surface area (Å²) in [5.41, 5.74) is 5.52. The van der Waals surface area contributed by atoms with Crippen LogP contribution in [-0.4, -0.2) is 17.4 Å². The monoisotopic (exact) mass is 315 g/mol. The van der Waals surface area contributed by atoms with Gasteiger partial charge in [-0.2, -0.15) is 0 Å². The summed E-state index contributed by atoms with van der Waals surface area (Å²) in [6.45, 7) is 0.560. The van der Waals surface area contributed by atoms with Crippen molar-refractivity contribution >= 4 is 33.2 Å². The second-order valence-electron chi connectivity index (χ2n) is 3.77. The Labute approximate surface area is 113 Å². The van der Waals surface area contributed by atoms with Gasteiger partial charge in [-0.05, 0) is 25.0 Å². The van der Waals surface area contributed by atoms with Crippen molar-refractivity contribution in [1.82, 2.24) is 0 Å². The first-order valence-corrected chi connectivity index (χ1v) is 6.26. The number of primary amides is 1. The summed E-state index contributed by atoms with van der Waals surface area (Å²) in [4.78, 5) is 20.9. The van der Waals surface area contributed by atoms with E-state index >= 15 is 0 Å². The molecule has 0 unspecified atom stereocenters. The first kappa shape index (κ1) is 14.4. The second kappa shape index (κ2) is 6.95. The number of nitrogens with one attached hydrogen (secondary N) is 1. The molecule has 3 N–H and O–H groups in total. The van der Waals surface area contributed by atoms with Crippen molar-refractivity contribution in [2.75, 3.05) is 11.9 Å². The zero-order valence-electron chi connectivity index (χ0n) is 9.69. The number of nitrogens with two attached hydrogens (primary N) is 1. The summed E-state index contributed by atoms with van der Waals surface area (Å²) in [6, 6.07) is 4.72. The summed E-state index contributed by atoms with van der Waals surface area (Å²) in [5, 5.41) is 13.8. The van der Waals surface area contributed by atoms with Gasteiger partial charge in [-0.25, -0.2) is 0 Å². The summed E-state index contributed by atoms with van der Waals surface area (Å²) >= 11 is 3.26. The van der Waals surface area contributed by atoms with Crippen molar-refractivity contribution < 1.29 is 9.72 Å². The van der Waals surface area contributed by atoms with Crippen LogP contribution in [0.2, 0.25) is 0 Å². The Hall–Kier alpha value is -1.63. The van der Waals surface area contributed by atoms with Crippen LogP contribution in [0, 0.1) is 10.1 Å². The number of anilines is 1. The third-order valence-electron chi connectivity index (χ3n) is 2.32. The van der Waals surface area contributed by atoms with Crippen LogP contribution < -0.4 is 11.1 Å². The van der Waals surface area contributed by atoms with E-state index in [9.17, 15) is 14.9 Å². The topological polar surface area (TPSA) is 98.3 Å². The minimum atomic E-state index is -0.432. The van der Waals surface area contributed by atoms with Gasteiger partial charge in [0.05, 0.1) is 4.92 Å². The average Bonchev–Trinajstić information content (AvgIpc) is 2.27. The molecule has 18 heavy (non-hydrogen) atoms. The third kappa shape index (κ3) is 4.70. The van der Waals surface area contributed by atoms with Crippen LogP contribution in [0.5, 0.6) is 0 Å². The predicted molar refractivity (Wildman–Crippen MR) is 72.3 cm³/mol. The van der Waals surface area contributed by atoms with E-state index in [2.05, 4.69) is 21.2 Å². The fourth-order valence-corrected chi connectivity index (χ4v) is 1.82. The largest absolute Gasteiger partial charge is 0.379 e. The minimum Gasteiger partial charge on any atom is -0.379 e. The van der Waals surface area contributed by atoms with Gasteiger partial charge < -0.3 is 11.1 Å². The predicted octanol–water partition coefficient (Wildman–Crippen LogP) is 2.42. The van der Waals surface area contributed by atoms with E-state index in [1.807, 2.05) is 0 Å². The number of carbonyl (C=O) groups excluding carboxylic acids is 1. The number of benzene rings is 1. The molecule has 1 amide bonds. The summed E-state index contributed by atoms with van der Waals surface area (Å²) in [6.07, 6.45) is 1.74. The van der Waals surface area contributed by atoms with Crippen LogP contribution in [0.3, 0.4) is 0 Å². The van der Waals surface area contributed by atoms with Crippen LogP contribution in [-0.2, 0) is 4.79 Å². The van der Waals surface area contributed by atoms with Crippen molar-refractivity contribution in [2.45, 2.75) is 19.3 Å². The van der Waals surface area contributed by atoms with Crippen LogP contribution in [0.1, 0.15) is 19.3 Å². The van der Waals surface area contributed by atoms with E-state index in [1.54, 1.807) is 12.1 Å². The summed E-state index contributed by atoms with van der Waals surface area (Å²) < 4.78 is 0.771. The summed E-state index contributed by atoms with van der Waals surface area (Å²) in [5.74, 6) is -0.330. The maximum absolute atomic E-state index is 10.8. The molecule has 0 heterocycles. The number of hydrogen-bond donors (Lipinski definition) is 2. The smallest absolute Gasteiger partial charge is 0.292 e. The van der Waals surface area contributed by atoms with Crippen LogP contribution in [0.4, 0.5) is 11.4 Å². The molecule has 0 saturated carbocycles. The molecule has 1 rings (SSSR count). The zero-order valence-corrected chi connectivity index (χ0v) is 11.3. The van der Waals surface area contributed by atoms with Gasteiger partial charge in [0.25, 0.3) is 5.69 Å². The van der Waals surface area contributed by atoms with Gasteiger partial charge in [0.2, 0.25) is 5.91 Å². The number of nitrogens with zero attached hydrogens (tertiary/aromatic N) is 1. The number of nitro groups is 1. The Morgan fingerprint density at radius 3 is 2.78 bits per heavy atom. The van der Waals surface area contributed by atoms with Crippen molar-refractivity contribution in [2.24, 2.45) is 5.73 Å². The molecule has 0 aliphatic rings. The van der Waals surface area contributed by atoms with Gasteiger partial charge in [-0.3, -0.25) is 14.9 Å². The lowest BCUT2D eigenvalue weighted by atomic mass is 10.2. The zero-order chi connectivity index (χ0) is 13.5. The average molecular weight is 316 g/mol. The van der Waals surface area contributed by atoms with E-state index in [0.717, 1.165) is 10.9 Å². The van der Waals surface area contributed by atoms with Crippen LogP contribution >= 0.6 is 15.9 Å². The lowest BCUT2D eigenvalue weighted by Crippen LogP contribution is -2.11. The number of nitro benzene ring substituents is 1. The Morgan fingerprint density at radius 2 is 2.17 bits per heavy atom. The highest BCUT2D eigenvalue weighted by molar-refractivity contribution is 9.10. The van der Waals surface area contributed by atoms with Crippen molar-refractivity contribution in [3.63, 3.8) is 0 Å². The Bertz CT molecular complexity index is 451. The van der Waals surface area contributed by atoms with Crippen LogP contribution in [0.25, 0.3) is 0 Å².